The van der Waals surface area contributed by atoms with Crippen LogP contribution in [0.4, 0.5) is 8.78 Å². The average Bonchev–Trinajstić information content (AvgIpc) is 3.47. The van der Waals surface area contributed by atoms with Crippen LogP contribution in [0.15, 0.2) is 35.2 Å². The van der Waals surface area contributed by atoms with Gasteiger partial charge in [0.25, 0.3) is 0 Å². The van der Waals surface area contributed by atoms with Crippen LogP contribution in [0.25, 0.3) is 0 Å². The van der Waals surface area contributed by atoms with Crippen molar-refractivity contribution in [3.05, 3.63) is 64.2 Å². The number of primary amides is 1. The lowest BCUT2D eigenvalue weighted by atomic mass is 9.89. The summed E-state index contributed by atoms with van der Waals surface area (Å²) in [5.41, 5.74) is 9.12. The predicted molar refractivity (Wildman–Crippen MR) is 119 cm³/mol. The first-order valence-electron chi connectivity index (χ1n) is 10.0. The van der Waals surface area contributed by atoms with E-state index in [0.717, 1.165) is 53.6 Å². The second-order valence-electron chi connectivity index (χ2n) is 8.26. The Labute approximate surface area is 182 Å². The number of halogens is 2. The van der Waals surface area contributed by atoms with Gasteiger partial charge in [-0.15, -0.1) is 0 Å². The molecule has 1 fully saturated rings. The number of hydrogen-bond donors (Lipinski definition) is 2. The van der Waals surface area contributed by atoms with E-state index in [1.165, 1.54) is 12.1 Å². The molecule has 0 unspecified atom stereocenters. The van der Waals surface area contributed by atoms with Gasteiger partial charge in [-0.25, -0.2) is 8.78 Å². The first kappa shape index (κ1) is 24.3. The van der Waals surface area contributed by atoms with E-state index >= 15 is 0 Å². The maximum absolute atomic E-state index is 13.6. The summed E-state index contributed by atoms with van der Waals surface area (Å²) in [7, 11) is 3.90. The van der Waals surface area contributed by atoms with E-state index in [1.54, 1.807) is 12.1 Å². The normalized spacial score (nSPS) is 13.4. The highest BCUT2D eigenvalue weighted by molar-refractivity contribution is 7.97. The highest BCUT2D eigenvalue weighted by atomic mass is 32.2. The van der Waals surface area contributed by atoms with Gasteiger partial charge in [-0.3, -0.25) is 9.93 Å². The van der Waals surface area contributed by atoms with Crippen molar-refractivity contribution in [2.75, 3.05) is 14.1 Å². The Morgan fingerprint density at radius 3 is 2.33 bits per heavy atom. The largest absolute Gasteiger partial charge is 0.369 e. The number of nitrogens with two attached hydrogens (primary N) is 2. The van der Waals surface area contributed by atoms with E-state index in [9.17, 15) is 13.6 Å². The van der Waals surface area contributed by atoms with Gasteiger partial charge >= 0.3 is 0 Å². The van der Waals surface area contributed by atoms with Crippen molar-refractivity contribution >= 4 is 17.9 Å². The molecule has 0 atom stereocenters. The number of nitrogens with zero attached hydrogens (tertiary/aromatic N) is 1. The van der Waals surface area contributed by atoms with Gasteiger partial charge in [0.05, 0.1) is 11.3 Å². The van der Waals surface area contributed by atoms with Crippen molar-refractivity contribution < 1.29 is 13.6 Å². The van der Waals surface area contributed by atoms with E-state index in [4.69, 9.17) is 10.9 Å². The smallest absolute Gasteiger partial charge is 0.221 e. The maximum atomic E-state index is 13.6. The Morgan fingerprint density at radius 1 is 1.20 bits per heavy atom. The minimum Gasteiger partial charge on any atom is -0.369 e. The third-order valence-corrected chi connectivity index (χ3v) is 5.48. The average molecular weight is 436 g/mol. The van der Waals surface area contributed by atoms with Crippen molar-refractivity contribution in [2.45, 2.75) is 56.4 Å². The quantitative estimate of drug-likeness (QED) is 0.618. The molecule has 3 rings (SSSR count). The summed E-state index contributed by atoms with van der Waals surface area (Å²) >= 11 is 0.934. The second kappa shape index (κ2) is 10.9. The maximum Gasteiger partial charge on any atom is 0.221 e. The lowest BCUT2D eigenvalue weighted by molar-refractivity contribution is -0.117. The Kier molecular flexibility index (Phi) is 8.82. The van der Waals surface area contributed by atoms with Crippen molar-refractivity contribution in [3.8, 4) is 0 Å². The van der Waals surface area contributed by atoms with Crippen molar-refractivity contribution in [3.63, 3.8) is 0 Å². The number of carbonyl (C=O) groups is 1. The molecule has 1 amide bonds. The topological polar surface area (TPSA) is 72.4 Å². The van der Waals surface area contributed by atoms with Gasteiger partial charge in [0.2, 0.25) is 5.91 Å². The fraction of sp³-hybridized carbons (Fsp3) is 0.435. The predicted octanol–water partition coefficient (Wildman–Crippen LogP) is 4.71. The molecule has 0 bridgehead atoms. The fourth-order valence-electron chi connectivity index (χ4n) is 3.44. The molecule has 0 radical (unpaired) electrons. The fourth-order valence-corrected chi connectivity index (χ4v) is 3.75. The standard InChI is InChI=1S/C14H18FNO.C9H13FN2S/c1-8(2)11-5-10(15)6-12(9-3-4-9)13(11)7-14(16)17;1-12(2)6-7-3-4-9(13-11)8(10)5-7/h5-6,8-9H,3-4,7H2,1-2H3,(H2,16,17);3-5H,6,11H2,1-2H3. The van der Waals surface area contributed by atoms with Gasteiger partial charge in [0, 0.05) is 6.54 Å². The van der Waals surface area contributed by atoms with E-state index in [1.807, 2.05) is 38.9 Å². The lowest BCUT2D eigenvalue weighted by Gasteiger charge is -2.16. The number of hydrogen-bond acceptors (Lipinski definition) is 4. The monoisotopic (exact) mass is 435 g/mol. The van der Waals surface area contributed by atoms with Crippen LogP contribution in [-0.4, -0.2) is 24.9 Å². The summed E-state index contributed by atoms with van der Waals surface area (Å²) in [5, 5.41) is 5.27. The van der Waals surface area contributed by atoms with Crippen LogP contribution in [0, 0.1) is 11.6 Å². The van der Waals surface area contributed by atoms with Crippen LogP contribution in [-0.2, 0) is 17.8 Å². The molecule has 0 aromatic heterocycles. The molecule has 0 aliphatic heterocycles. The molecule has 0 spiro atoms. The van der Waals surface area contributed by atoms with Crippen LogP contribution in [0.1, 0.15) is 60.8 Å². The molecule has 30 heavy (non-hydrogen) atoms. The third-order valence-electron chi connectivity index (χ3n) is 4.90. The third kappa shape index (κ3) is 7.07. The summed E-state index contributed by atoms with van der Waals surface area (Å²) in [6.07, 6.45) is 2.40. The zero-order chi connectivity index (χ0) is 22.4. The molecule has 7 heteroatoms. The minimum absolute atomic E-state index is 0.205. The molecule has 4 N–H and O–H groups in total. The van der Waals surface area contributed by atoms with Gasteiger partial charge in [-0.05, 0) is 97.2 Å². The Morgan fingerprint density at radius 2 is 1.87 bits per heavy atom. The zero-order valence-corrected chi connectivity index (χ0v) is 18.9. The van der Waals surface area contributed by atoms with Crippen molar-refractivity contribution in [2.24, 2.45) is 10.9 Å². The summed E-state index contributed by atoms with van der Waals surface area (Å²) in [6, 6.07) is 8.23. The Bertz CT molecular complexity index is 860. The second-order valence-corrected chi connectivity index (χ2v) is 8.93. The first-order chi connectivity index (χ1) is 14.1. The van der Waals surface area contributed by atoms with Gasteiger partial charge < -0.3 is 10.6 Å². The van der Waals surface area contributed by atoms with Gasteiger partial charge in [-0.2, -0.15) is 0 Å². The Balaban J connectivity index is 0.000000222. The van der Waals surface area contributed by atoms with Gasteiger partial charge in [0.1, 0.15) is 11.6 Å². The molecule has 1 aliphatic carbocycles. The summed E-state index contributed by atoms with van der Waals surface area (Å²) in [4.78, 5) is 13.6. The number of carbonyl (C=O) groups excluding carboxylic acids is 1. The first-order valence-corrected chi connectivity index (χ1v) is 10.9. The number of amides is 1. The Hall–Kier alpha value is -1.96. The SMILES string of the molecule is CC(C)c1cc(F)cc(C2CC2)c1CC(N)=O.CN(C)Cc1ccc(SN)c(F)c1. The van der Waals surface area contributed by atoms with Crippen molar-refractivity contribution in [1.29, 1.82) is 0 Å². The summed E-state index contributed by atoms with van der Waals surface area (Å²) in [5.74, 6) is -0.161. The van der Waals surface area contributed by atoms with E-state index < -0.39 is 0 Å². The molecule has 1 aliphatic rings. The summed E-state index contributed by atoms with van der Waals surface area (Å²) in [6.45, 7) is 4.76. The van der Waals surface area contributed by atoms with Crippen LogP contribution >= 0.6 is 11.9 Å². The highest BCUT2D eigenvalue weighted by Gasteiger charge is 2.28. The van der Waals surface area contributed by atoms with Crippen LogP contribution in [0.3, 0.4) is 0 Å². The van der Waals surface area contributed by atoms with E-state index in [-0.39, 0.29) is 29.9 Å². The number of benzene rings is 2. The molecule has 164 valence electrons. The molecular weight excluding hydrogens is 404 g/mol. The molecule has 4 nitrogen and oxygen atoms in total. The molecule has 2 aromatic carbocycles. The van der Waals surface area contributed by atoms with Crippen LogP contribution in [0.5, 0.6) is 0 Å². The van der Waals surface area contributed by atoms with Gasteiger partial charge in [-0.1, -0.05) is 19.9 Å². The summed E-state index contributed by atoms with van der Waals surface area (Å²) < 4.78 is 26.8. The molecule has 0 heterocycles. The van der Waals surface area contributed by atoms with Crippen LogP contribution in [0.2, 0.25) is 0 Å². The molecular formula is C23H31F2N3OS. The highest BCUT2D eigenvalue weighted by Crippen LogP contribution is 2.43. The molecule has 2 aromatic rings. The molecule has 1 saturated carbocycles. The minimum atomic E-state index is -0.347. The van der Waals surface area contributed by atoms with Crippen LogP contribution < -0.4 is 10.9 Å². The number of rotatable bonds is 7. The van der Waals surface area contributed by atoms with Gasteiger partial charge in [0.15, 0.2) is 0 Å². The zero-order valence-electron chi connectivity index (χ0n) is 18.0. The molecule has 0 saturated heterocycles. The van der Waals surface area contributed by atoms with Crippen molar-refractivity contribution in [1.82, 2.24) is 4.90 Å². The lowest BCUT2D eigenvalue weighted by Crippen LogP contribution is -2.17. The van der Waals surface area contributed by atoms with E-state index in [0.29, 0.717) is 10.8 Å². The van der Waals surface area contributed by atoms with E-state index in [2.05, 4.69) is 0 Å².